The minimum Gasteiger partial charge on any atom is -0.455 e. The van der Waals surface area contributed by atoms with E-state index in [0.29, 0.717) is 0 Å². The number of aromatic nitrogens is 2. The standard InChI is InChI=1S/C40H22N2O2/c1-5-17-29-23(11-1)24-12-2-6-18-30(24)38-37(29)41-22-33(42-38)25-13-3-4-16-28(25)36-39-31(26-14-7-9-19-34(26)43-39)21-32-27-15-8-10-20-35(27)44-40(32)36/h1-22H. The number of fused-ring (bicyclic) bond motifs is 12. The fourth-order valence-corrected chi connectivity index (χ4v) is 6.96. The molecule has 0 amide bonds. The molecule has 0 aliphatic carbocycles. The molecule has 0 atom stereocenters. The first-order chi connectivity index (χ1) is 21.8. The lowest BCUT2D eigenvalue weighted by Gasteiger charge is -2.13. The van der Waals surface area contributed by atoms with E-state index in [2.05, 4.69) is 103 Å². The van der Waals surface area contributed by atoms with Crippen molar-refractivity contribution in [3.63, 3.8) is 0 Å². The van der Waals surface area contributed by atoms with Gasteiger partial charge in [-0.3, -0.25) is 4.98 Å². The van der Waals surface area contributed by atoms with E-state index >= 15 is 0 Å². The zero-order valence-corrected chi connectivity index (χ0v) is 23.4. The molecule has 0 saturated carbocycles. The number of furan rings is 2. The van der Waals surface area contributed by atoms with Crippen LogP contribution in [0.25, 0.3) is 98.8 Å². The normalized spacial score (nSPS) is 12.1. The summed E-state index contributed by atoms with van der Waals surface area (Å²) < 4.78 is 13.2. The predicted molar refractivity (Wildman–Crippen MR) is 180 cm³/mol. The summed E-state index contributed by atoms with van der Waals surface area (Å²) in [4.78, 5) is 10.4. The SMILES string of the molecule is c1ccc(-c2c3oc4ccccc4c3cc3c2oc2ccccc23)c(-c2cnc3c4ccccc4c4ccccc4c3n2)c1. The molecule has 7 aromatic carbocycles. The second-order valence-electron chi connectivity index (χ2n) is 11.3. The van der Waals surface area contributed by atoms with Crippen molar-refractivity contribution in [3.8, 4) is 22.4 Å². The molecule has 10 rings (SSSR count). The van der Waals surface area contributed by atoms with Crippen molar-refractivity contribution in [3.05, 3.63) is 134 Å². The molecule has 3 heterocycles. The molecule has 10 aromatic rings. The lowest BCUT2D eigenvalue weighted by Crippen LogP contribution is -1.94. The van der Waals surface area contributed by atoms with Gasteiger partial charge in [-0.15, -0.1) is 0 Å². The molecular formula is C40H22N2O2. The molecular weight excluding hydrogens is 540 g/mol. The monoisotopic (exact) mass is 562 g/mol. The molecule has 204 valence electrons. The highest BCUT2D eigenvalue weighted by atomic mass is 16.3. The van der Waals surface area contributed by atoms with E-state index < -0.39 is 0 Å². The van der Waals surface area contributed by atoms with Crippen molar-refractivity contribution >= 4 is 76.5 Å². The zero-order valence-electron chi connectivity index (χ0n) is 23.4. The van der Waals surface area contributed by atoms with Gasteiger partial charge < -0.3 is 8.83 Å². The third kappa shape index (κ3) is 3.17. The molecule has 0 aliphatic rings. The average Bonchev–Trinajstić information content (AvgIpc) is 3.65. The second kappa shape index (κ2) is 8.76. The van der Waals surface area contributed by atoms with Gasteiger partial charge in [-0.2, -0.15) is 0 Å². The Morgan fingerprint density at radius 3 is 1.50 bits per heavy atom. The molecule has 0 unspecified atom stereocenters. The van der Waals surface area contributed by atoms with E-state index in [0.717, 1.165) is 88.1 Å². The minimum atomic E-state index is 0.797. The van der Waals surface area contributed by atoms with Crippen LogP contribution in [-0.2, 0) is 0 Å². The van der Waals surface area contributed by atoms with E-state index in [4.69, 9.17) is 18.8 Å². The van der Waals surface area contributed by atoms with Gasteiger partial charge in [-0.05, 0) is 34.5 Å². The first-order valence-corrected chi connectivity index (χ1v) is 14.7. The number of hydrogen-bond acceptors (Lipinski definition) is 4. The number of nitrogens with zero attached hydrogens (tertiary/aromatic N) is 2. The van der Waals surface area contributed by atoms with Gasteiger partial charge in [0.25, 0.3) is 0 Å². The molecule has 3 aromatic heterocycles. The molecule has 4 heteroatoms. The highest BCUT2D eigenvalue weighted by Gasteiger charge is 2.23. The third-order valence-corrected chi connectivity index (χ3v) is 8.91. The lowest BCUT2D eigenvalue weighted by atomic mass is 9.93. The van der Waals surface area contributed by atoms with Crippen LogP contribution in [0, 0.1) is 0 Å². The summed E-state index contributed by atoms with van der Waals surface area (Å²) in [6, 6.07) is 43.9. The molecule has 4 nitrogen and oxygen atoms in total. The van der Waals surface area contributed by atoms with E-state index in [9.17, 15) is 0 Å². The predicted octanol–water partition coefficient (Wildman–Crippen LogP) is 11.1. The molecule has 0 bridgehead atoms. The minimum absolute atomic E-state index is 0.797. The van der Waals surface area contributed by atoms with Gasteiger partial charge in [0.2, 0.25) is 0 Å². The maximum Gasteiger partial charge on any atom is 0.147 e. The van der Waals surface area contributed by atoms with Gasteiger partial charge in [0, 0.05) is 37.9 Å². The molecule has 0 N–H and O–H groups in total. The number of benzene rings is 7. The summed E-state index contributed by atoms with van der Waals surface area (Å²) in [7, 11) is 0. The molecule has 44 heavy (non-hydrogen) atoms. The van der Waals surface area contributed by atoms with Crippen molar-refractivity contribution in [2.45, 2.75) is 0 Å². The van der Waals surface area contributed by atoms with Gasteiger partial charge in [0.1, 0.15) is 22.3 Å². The van der Waals surface area contributed by atoms with Crippen LogP contribution in [0.4, 0.5) is 0 Å². The van der Waals surface area contributed by atoms with E-state index in [1.165, 1.54) is 10.8 Å². The Bertz CT molecular complexity index is 2660. The Kier molecular flexibility index (Phi) is 4.69. The first-order valence-electron chi connectivity index (χ1n) is 14.7. The summed E-state index contributed by atoms with van der Waals surface area (Å²) >= 11 is 0. The zero-order chi connectivity index (χ0) is 28.8. The average molecular weight is 563 g/mol. The second-order valence-corrected chi connectivity index (χ2v) is 11.3. The number of para-hydroxylation sites is 2. The van der Waals surface area contributed by atoms with E-state index in [1.807, 2.05) is 30.5 Å². The lowest BCUT2D eigenvalue weighted by molar-refractivity contribution is 0.658. The maximum absolute atomic E-state index is 6.61. The molecule has 0 spiro atoms. The Morgan fingerprint density at radius 2 is 0.886 bits per heavy atom. The van der Waals surface area contributed by atoms with Gasteiger partial charge in [-0.25, -0.2) is 4.98 Å². The van der Waals surface area contributed by atoms with Gasteiger partial charge >= 0.3 is 0 Å². The quantitative estimate of drug-likeness (QED) is 0.197. The molecule has 0 aliphatic heterocycles. The van der Waals surface area contributed by atoms with Gasteiger partial charge in [0.15, 0.2) is 0 Å². The first kappa shape index (κ1) is 23.6. The van der Waals surface area contributed by atoms with Crippen molar-refractivity contribution in [2.24, 2.45) is 0 Å². The molecule has 0 saturated heterocycles. The van der Waals surface area contributed by atoms with Crippen LogP contribution in [0.3, 0.4) is 0 Å². The Morgan fingerprint density at radius 1 is 0.409 bits per heavy atom. The molecule has 0 radical (unpaired) electrons. The van der Waals surface area contributed by atoms with Crippen molar-refractivity contribution in [1.82, 2.24) is 9.97 Å². The van der Waals surface area contributed by atoms with Crippen LogP contribution in [0.5, 0.6) is 0 Å². The molecule has 0 fully saturated rings. The Labute approximate surface area is 250 Å². The van der Waals surface area contributed by atoms with Crippen molar-refractivity contribution in [1.29, 1.82) is 0 Å². The summed E-state index contributed by atoms with van der Waals surface area (Å²) in [5.41, 5.74) is 8.77. The van der Waals surface area contributed by atoms with Crippen molar-refractivity contribution in [2.75, 3.05) is 0 Å². The van der Waals surface area contributed by atoms with Crippen LogP contribution in [0.15, 0.2) is 142 Å². The van der Waals surface area contributed by atoms with E-state index in [1.54, 1.807) is 0 Å². The number of hydrogen-bond donors (Lipinski definition) is 0. The Balaban J connectivity index is 1.33. The number of rotatable bonds is 2. The topological polar surface area (TPSA) is 52.1 Å². The smallest absolute Gasteiger partial charge is 0.147 e. The van der Waals surface area contributed by atoms with Crippen LogP contribution in [-0.4, -0.2) is 9.97 Å². The van der Waals surface area contributed by atoms with Crippen LogP contribution < -0.4 is 0 Å². The summed E-state index contributed by atoms with van der Waals surface area (Å²) in [6.07, 6.45) is 1.90. The maximum atomic E-state index is 6.61. The summed E-state index contributed by atoms with van der Waals surface area (Å²) in [6.45, 7) is 0. The highest BCUT2D eigenvalue weighted by Crippen LogP contribution is 2.46. The Hall–Kier alpha value is -6.00. The summed E-state index contributed by atoms with van der Waals surface area (Å²) in [5.74, 6) is 0. The van der Waals surface area contributed by atoms with Crippen LogP contribution in [0.1, 0.15) is 0 Å². The van der Waals surface area contributed by atoms with Gasteiger partial charge in [0.05, 0.1) is 28.5 Å². The van der Waals surface area contributed by atoms with Crippen LogP contribution >= 0.6 is 0 Å². The largest absolute Gasteiger partial charge is 0.455 e. The van der Waals surface area contributed by atoms with Crippen LogP contribution in [0.2, 0.25) is 0 Å². The highest BCUT2D eigenvalue weighted by molar-refractivity contribution is 6.24. The van der Waals surface area contributed by atoms with E-state index in [-0.39, 0.29) is 0 Å². The fraction of sp³-hybridized carbons (Fsp3) is 0. The third-order valence-electron chi connectivity index (χ3n) is 8.91. The summed E-state index contributed by atoms with van der Waals surface area (Å²) in [5, 5.41) is 8.83. The van der Waals surface area contributed by atoms with Crippen molar-refractivity contribution < 1.29 is 8.83 Å². The fourth-order valence-electron chi connectivity index (χ4n) is 6.96. The van der Waals surface area contributed by atoms with Gasteiger partial charge in [-0.1, -0.05) is 109 Å².